The lowest BCUT2D eigenvalue weighted by Gasteiger charge is -2.20. The Morgan fingerprint density at radius 3 is 2.38 bits per heavy atom. The van der Waals surface area contributed by atoms with E-state index >= 15 is 0 Å². The van der Waals surface area contributed by atoms with E-state index in [2.05, 4.69) is 42.6 Å². The third-order valence-electron chi connectivity index (χ3n) is 5.22. The number of nitrogens with zero attached hydrogens (tertiary/aromatic N) is 2. The zero-order chi connectivity index (χ0) is 17.8. The van der Waals surface area contributed by atoms with Crippen LogP contribution < -0.4 is 0 Å². The Morgan fingerprint density at radius 2 is 1.65 bits per heavy atom. The van der Waals surface area contributed by atoms with Crippen molar-refractivity contribution in [2.24, 2.45) is 0 Å². The number of carbonyl (C=O) groups excluding carboxylic acids is 1. The van der Waals surface area contributed by atoms with E-state index in [4.69, 9.17) is 5.10 Å². The van der Waals surface area contributed by atoms with Gasteiger partial charge in [-0.15, -0.1) is 0 Å². The molecule has 4 rings (SSSR count). The molecule has 26 heavy (non-hydrogen) atoms. The molecule has 3 nitrogen and oxygen atoms in total. The first kappa shape index (κ1) is 16.8. The van der Waals surface area contributed by atoms with Gasteiger partial charge in [-0.3, -0.25) is 9.48 Å². The van der Waals surface area contributed by atoms with Crippen molar-refractivity contribution in [3.05, 3.63) is 78.0 Å². The van der Waals surface area contributed by atoms with Gasteiger partial charge in [-0.2, -0.15) is 5.10 Å². The fraction of sp³-hybridized carbons (Fsp3) is 0.304. The second-order valence-corrected chi connectivity index (χ2v) is 7.06. The van der Waals surface area contributed by atoms with Crippen molar-refractivity contribution in [2.45, 2.75) is 44.6 Å². The number of hydrogen-bond donors (Lipinski definition) is 0. The van der Waals surface area contributed by atoms with Gasteiger partial charge in [-0.25, -0.2) is 0 Å². The maximum absolute atomic E-state index is 12.4. The minimum absolute atomic E-state index is 0.0864. The molecule has 2 aromatic carbocycles. The lowest BCUT2D eigenvalue weighted by Crippen LogP contribution is -2.23. The number of benzene rings is 2. The highest BCUT2D eigenvalue weighted by Crippen LogP contribution is 2.29. The summed E-state index contributed by atoms with van der Waals surface area (Å²) in [4.78, 5) is 12.4. The predicted octanol–water partition coefficient (Wildman–Crippen LogP) is 5.02. The van der Waals surface area contributed by atoms with Gasteiger partial charge in [-0.05, 0) is 36.8 Å². The van der Waals surface area contributed by atoms with E-state index in [0.717, 1.165) is 43.4 Å². The van der Waals surface area contributed by atoms with Crippen molar-refractivity contribution < 1.29 is 4.79 Å². The first-order chi connectivity index (χ1) is 12.8. The van der Waals surface area contributed by atoms with Crippen LogP contribution >= 0.6 is 0 Å². The van der Waals surface area contributed by atoms with Crippen molar-refractivity contribution >= 4 is 5.78 Å². The number of rotatable bonds is 5. The Hall–Kier alpha value is -2.68. The van der Waals surface area contributed by atoms with E-state index in [1.807, 2.05) is 28.9 Å². The molecule has 0 aliphatic heterocycles. The fourth-order valence-electron chi connectivity index (χ4n) is 3.78. The van der Waals surface area contributed by atoms with Gasteiger partial charge in [0.2, 0.25) is 0 Å². The summed E-state index contributed by atoms with van der Waals surface area (Å²) in [5.41, 5.74) is 4.68. The van der Waals surface area contributed by atoms with Gasteiger partial charge in [-0.1, -0.05) is 67.1 Å². The van der Waals surface area contributed by atoms with Crippen molar-refractivity contribution in [3.63, 3.8) is 0 Å². The summed E-state index contributed by atoms with van der Waals surface area (Å²) < 4.78 is 1.93. The molecule has 1 fully saturated rings. The van der Waals surface area contributed by atoms with Crippen LogP contribution in [0.3, 0.4) is 0 Å². The van der Waals surface area contributed by atoms with Gasteiger partial charge < -0.3 is 0 Å². The number of aromatic nitrogens is 2. The molecule has 0 radical (unpaired) electrons. The molecule has 1 heterocycles. The Labute approximate surface area is 154 Å². The second kappa shape index (κ2) is 7.69. The SMILES string of the molecule is O=C1CCCCC1n1cc(CCc2ccccc2)c(-c2ccccc2)n1. The second-order valence-electron chi connectivity index (χ2n) is 7.06. The van der Waals surface area contributed by atoms with Gasteiger partial charge in [0, 0.05) is 18.2 Å². The molecule has 0 bridgehead atoms. The highest BCUT2D eigenvalue weighted by atomic mass is 16.1. The average molecular weight is 344 g/mol. The van der Waals surface area contributed by atoms with Crippen molar-refractivity contribution in [1.82, 2.24) is 9.78 Å². The first-order valence-electron chi connectivity index (χ1n) is 9.51. The van der Waals surface area contributed by atoms with Crippen LogP contribution in [-0.2, 0) is 17.6 Å². The largest absolute Gasteiger partial charge is 0.297 e. The number of Topliss-reactive ketones (excluding diaryl/α,β-unsaturated/α-hetero) is 1. The summed E-state index contributed by atoms with van der Waals surface area (Å²) in [6.45, 7) is 0. The number of ketones is 1. The standard InChI is InChI=1S/C23H24N2O/c26-22-14-8-7-13-21(22)25-17-20(16-15-18-9-3-1-4-10-18)23(24-25)19-11-5-2-6-12-19/h1-6,9-12,17,21H,7-8,13-16H2. The van der Waals surface area contributed by atoms with E-state index in [0.29, 0.717) is 12.2 Å². The van der Waals surface area contributed by atoms with Crippen LogP contribution in [0.5, 0.6) is 0 Å². The summed E-state index contributed by atoms with van der Waals surface area (Å²) >= 11 is 0. The van der Waals surface area contributed by atoms with Gasteiger partial charge in [0.05, 0.1) is 5.69 Å². The predicted molar refractivity (Wildman–Crippen MR) is 104 cm³/mol. The molecule has 1 aliphatic rings. The van der Waals surface area contributed by atoms with E-state index in [-0.39, 0.29) is 6.04 Å². The van der Waals surface area contributed by atoms with E-state index in [9.17, 15) is 4.79 Å². The van der Waals surface area contributed by atoms with Crippen LogP contribution in [0.2, 0.25) is 0 Å². The monoisotopic (exact) mass is 344 g/mol. The van der Waals surface area contributed by atoms with Crippen molar-refractivity contribution in [3.8, 4) is 11.3 Å². The van der Waals surface area contributed by atoms with Crippen molar-refractivity contribution in [1.29, 1.82) is 0 Å². The third kappa shape index (κ3) is 3.62. The van der Waals surface area contributed by atoms with Gasteiger partial charge in [0.1, 0.15) is 6.04 Å². The number of aryl methyl sites for hydroxylation is 2. The average Bonchev–Trinajstić information content (AvgIpc) is 3.12. The quantitative estimate of drug-likeness (QED) is 0.651. The minimum Gasteiger partial charge on any atom is -0.297 e. The Bertz CT molecular complexity index is 868. The van der Waals surface area contributed by atoms with Crippen LogP contribution in [0.25, 0.3) is 11.3 Å². The van der Waals surface area contributed by atoms with Gasteiger partial charge >= 0.3 is 0 Å². The van der Waals surface area contributed by atoms with Crippen LogP contribution in [0.1, 0.15) is 42.9 Å². The van der Waals surface area contributed by atoms with Crippen LogP contribution in [0, 0.1) is 0 Å². The van der Waals surface area contributed by atoms with Crippen molar-refractivity contribution in [2.75, 3.05) is 0 Å². The maximum Gasteiger partial charge on any atom is 0.157 e. The Kier molecular flexibility index (Phi) is 4.96. The molecule has 1 atom stereocenters. The summed E-state index contributed by atoms with van der Waals surface area (Å²) in [5, 5.41) is 4.86. The number of carbonyl (C=O) groups is 1. The zero-order valence-corrected chi connectivity index (χ0v) is 15.0. The van der Waals surface area contributed by atoms with E-state index < -0.39 is 0 Å². The summed E-state index contributed by atoms with van der Waals surface area (Å²) in [7, 11) is 0. The molecular weight excluding hydrogens is 320 g/mol. The summed E-state index contributed by atoms with van der Waals surface area (Å²) in [6, 6.07) is 20.8. The Morgan fingerprint density at radius 1 is 0.923 bits per heavy atom. The molecule has 1 saturated carbocycles. The topological polar surface area (TPSA) is 34.9 Å². The lowest BCUT2D eigenvalue weighted by atomic mass is 9.94. The molecule has 0 saturated heterocycles. The van der Waals surface area contributed by atoms with Gasteiger partial charge in [0.15, 0.2) is 5.78 Å². The molecular formula is C23H24N2O. The normalized spacial score (nSPS) is 17.4. The van der Waals surface area contributed by atoms with Crippen LogP contribution in [0.4, 0.5) is 0 Å². The fourth-order valence-corrected chi connectivity index (χ4v) is 3.78. The molecule has 0 amide bonds. The molecule has 132 valence electrons. The maximum atomic E-state index is 12.4. The summed E-state index contributed by atoms with van der Waals surface area (Å²) in [5.74, 6) is 0.327. The smallest absolute Gasteiger partial charge is 0.157 e. The molecule has 1 aromatic heterocycles. The first-order valence-corrected chi connectivity index (χ1v) is 9.51. The third-order valence-corrected chi connectivity index (χ3v) is 5.22. The molecule has 0 N–H and O–H groups in total. The highest BCUT2D eigenvalue weighted by Gasteiger charge is 2.26. The summed E-state index contributed by atoms with van der Waals surface area (Å²) in [6.07, 6.45) is 7.73. The molecule has 0 spiro atoms. The minimum atomic E-state index is -0.0864. The van der Waals surface area contributed by atoms with E-state index in [1.165, 1.54) is 11.1 Å². The van der Waals surface area contributed by atoms with E-state index in [1.54, 1.807) is 0 Å². The Balaban J connectivity index is 1.65. The van der Waals surface area contributed by atoms with Gasteiger partial charge in [0.25, 0.3) is 0 Å². The molecule has 3 heteroatoms. The lowest BCUT2D eigenvalue weighted by molar-refractivity contribution is -0.124. The zero-order valence-electron chi connectivity index (χ0n) is 15.0. The number of hydrogen-bond acceptors (Lipinski definition) is 2. The molecule has 1 aliphatic carbocycles. The highest BCUT2D eigenvalue weighted by molar-refractivity contribution is 5.83. The van der Waals surface area contributed by atoms with Crippen LogP contribution in [-0.4, -0.2) is 15.6 Å². The molecule has 3 aromatic rings. The van der Waals surface area contributed by atoms with Crippen LogP contribution in [0.15, 0.2) is 66.9 Å². The molecule has 1 unspecified atom stereocenters.